The molecule has 3 amide bonds. The van der Waals surface area contributed by atoms with Crippen molar-refractivity contribution in [1.82, 2.24) is 20.4 Å². The van der Waals surface area contributed by atoms with Gasteiger partial charge in [-0.2, -0.15) is 5.10 Å². The van der Waals surface area contributed by atoms with Crippen LogP contribution in [0, 0.1) is 0 Å². The lowest BCUT2D eigenvalue weighted by Gasteiger charge is -2.11. The van der Waals surface area contributed by atoms with Gasteiger partial charge in [0.15, 0.2) is 0 Å². The molecule has 0 bridgehead atoms. The van der Waals surface area contributed by atoms with E-state index < -0.39 is 18.0 Å². The average Bonchev–Trinajstić information content (AvgIpc) is 2.63. The van der Waals surface area contributed by atoms with Gasteiger partial charge in [0.05, 0.1) is 10.7 Å². The maximum atomic E-state index is 11.5. The second-order valence-corrected chi connectivity index (χ2v) is 3.80. The first-order valence-corrected chi connectivity index (χ1v) is 5.06. The maximum Gasteiger partial charge on any atom is 0.321 e. The number of halogens is 1. The fourth-order valence-electron chi connectivity index (χ4n) is 0.926. The van der Waals surface area contributed by atoms with Gasteiger partial charge in [0, 0.05) is 13.2 Å². The highest BCUT2D eigenvalue weighted by Crippen LogP contribution is 2.11. The Hall–Kier alpha value is -1.37. The minimum atomic E-state index is -0.534. The van der Waals surface area contributed by atoms with Gasteiger partial charge in [-0.3, -0.25) is 14.8 Å². The van der Waals surface area contributed by atoms with Crippen molar-refractivity contribution >= 4 is 27.9 Å². The van der Waals surface area contributed by atoms with Crippen LogP contribution in [0.2, 0.25) is 0 Å². The van der Waals surface area contributed by atoms with Gasteiger partial charge >= 0.3 is 6.03 Å². The highest BCUT2D eigenvalue weighted by Gasteiger charge is 2.17. The van der Waals surface area contributed by atoms with Gasteiger partial charge in [-0.1, -0.05) is 0 Å². The SMILES string of the molecule is CNC(=O)NC(=O)C(C)n1cc(Br)cn1. The molecular formula is C8H11BrN4O2. The second kappa shape index (κ2) is 4.92. The summed E-state index contributed by atoms with van der Waals surface area (Å²) in [5.74, 6) is -0.412. The summed E-state index contributed by atoms with van der Waals surface area (Å²) in [5.41, 5.74) is 0. The summed E-state index contributed by atoms with van der Waals surface area (Å²) in [7, 11) is 1.44. The molecule has 1 atom stereocenters. The highest BCUT2D eigenvalue weighted by atomic mass is 79.9. The molecule has 0 aliphatic carbocycles. The van der Waals surface area contributed by atoms with Crippen LogP contribution in [0.5, 0.6) is 0 Å². The van der Waals surface area contributed by atoms with Gasteiger partial charge in [0.1, 0.15) is 6.04 Å². The van der Waals surface area contributed by atoms with Crippen molar-refractivity contribution in [3.63, 3.8) is 0 Å². The Morgan fingerprint density at radius 2 is 2.27 bits per heavy atom. The lowest BCUT2D eigenvalue weighted by Crippen LogP contribution is -2.40. The Bertz CT molecular complexity index is 376. The molecule has 1 aromatic heterocycles. The third-order valence-electron chi connectivity index (χ3n) is 1.81. The molecule has 82 valence electrons. The number of rotatable bonds is 2. The van der Waals surface area contributed by atoms with Crippen molar-refractivity contribution in [2.75, 3.05) is 7.05 Å². The third-order valence-corrected chi connectivity index (χ3v) is 2.22. The Labute approximate surface area is 95.2 Å². The van der Waals surface area contributed by atoms with Crippen LogP contribution in [0.25, 0.3) is 0 Å². The summed E-state index contributed by atoms with van der Waals surface area (Å²) in [6.07, 6.45) is 3.23. The molecule has 1 unspecified atom stereocenters. The van der Waals surface area contributed by atoms with E-state index in [0.29, 0.717) is 0 Å². The number of urea groups is 1. The van der Waals surface area contributed by atoms with Crippen molar-refractivity contribution < 1.29 is 9.59 Å². The Balaban J connectivity index is 2.64. The average molecular weight is 275 g/mol. The summed E-state index contributed by atoms with van der Waals surface area (Å²) in [4.78, 5) is 22.4. The smallest absolute Gasteiger partial charge is 0.321 e. The highest BCUT2D eigenvalue weighted by molar-refractivity contribution is 9.10. The molecule has 1 heterocycles. The van der Waals surface area contributed by atoms with Crippen molar-refractivity contribution in [3.05, 3.63) is 16.9 Å². The molecule has 6 nitrogen and oxygen atoms in total. The molecule has 15 heavy (non-hydrogen) atoms. The minimum Gasteiger partial charge on any atom is -0.341 e. The molecule has 1 aromatic rings. The number of carbonyl (C=O) groups excluding carboxylic acids is 2. The number of nitrogens with zero attached hydrogens (tertiary/aromatic N) is 2. The Kier molecular flexibility index (Phi) is 3.84. The van der Waals surface area contributed by atoms with Gasteiger partial charge in [0.2, 0.25) is 0 Å². The van der Waals surface area contributed by atoms with Crippen LogP contribution in [0.3, 0.4) is 0 Å². The number of hydrogen-bond acceptors (Lipinski definition) is 3. The summed E-state index contributed by atoms with van der Waals surface area (Å²) in [5, 5.41) is 8.42. The number of imide groups is 1. The molecular weight excluding hydrogens is 264 g/mol. The van der Waals surface area contributed by atoms with Crippen LogP contribution in [0.1, 0.15) is 13.0 Å². The number of carbonyl (C=O) groups is 2. The van der Waals surface area contributed by atoms with E-state index in [1.54, 1.807) is 19.3 Å². The molecule has 0 aliphatic rings. The van der Waals surface area contributed by atoms with Crippen molar-refractivity contribution in [3.8, 4) is 0 Å². The second-order valence-electron chi connectivity index (χ2n) is 2.88. The molecule has 0 aromatic carbocycles. The van der Waals surface area contributed by atoms with E-state index in [-0.39, 0.29) is 0 Å². The molecule has 0 radical (unpaired) electrons. The normalized spacial score (nSPS) is 11.9. The predicted molar refractivity (Wildman–Crippen MR) is 57.2 cm³/mol. The van der Waals surface area contributed by atoms with E-state index in [2.05, 4.69) is 31.7 Å². The zero-order valence-corrected chi connectivity index (χ0v) is 9.91. The standard InChI is InChI=1S/C8H11BrN4O2/c1-5(7(14)12-8(15)10-2)13-4-6(9)3-11-13/h3-5H,1-2H3,(H2,10,12,14,15). The maximum absolute atomic E-state index is 11.5. The monoisotopic (exact) mass is 274 g/mol. The summed E-state index contributed by atoms with van der Waals surface area (Å²) >= 11 is 3.22. The van der Waals surface area contributed by atoms with Crippen molar-refractivity contribution in [1.29, 1.82) is 0 Å². The van der Waals surface area contributed by atoms with Crippen molar-refractivity contribution in [2.45, 2.75) is 13.0 Å². The van der Waals surface area contributed by atoms with E-state index in [4.69, 9.17) is 0 Å². The van der Waals surface area contributed by atoms with E-state index in [9.17, 15) is 9.59 Å². The topological polar surface area (TPSA) is 76.0 Å². The molecule has 0 fully saturated rings. The van der Waals surface area contributed by atoms with Gasteiger partial charge in [-0.05, 0) is 22.9 Å². The molecule has 1 rings (SSSR count). The van der Waals surface area contributed by atoms with Crippen LogP contribution in [-0.2, 0) is 4.79 Å². The largest absolute Gasteiger partial charge is 0.341 e. The molecule has 2 N–H and O–H groups in total. The van der Waals surface area contributed by atoms with Crippen LogP contribution in [0.4, 0.5) is 4.79 Å². The molecule has 0 saturated carbocycles. The van der Waals surface area contributed by atoms with Crippen molar-refractivity contribution in [2.24, 2.45) is 0 Å². The number of hydrogen-bond donors (Lipinski definition) is 2. The zero-order chi connectivity index (χ0) is 11.4. The zero-order valence-electron chi connectivity index (χ0n) is 8.32. The predicted octanol–water partition coefficient (Wildman–Crippen LogP) is 0.662. The lowest BCUT2D eigenvalue weighted by molar-refractivity contribution is -0.123. The fraction of sp³-hybridized carbons (Fsp3) is 0.375. The summed E-state index contributed by atoms with van der Waals surface area (Å²) in [6.45, 7) is 1.65. The van der Waals surface area contributed by atoms with Crippen LogP contribution in [0.15, 0.2) is 16.9 Å². The van der Waals surface area contributed by atoms with Crippen LogP contribution >= 0.6 is 15.9 Å². The number of amides is 3. The first-order chi connectivity index (χ1) is 7.04. The number of nitrogens with one attached hydrogen (secondary N) is 2. The van der Waals surface area contributed by atoms with E-state index >= 15 is 0 Å². The van der Waals surface area contributed by atoms with E-state index in [1.165, 1.54) is 11.7 Å². The molecule has 7 heteroatoms. The Morgan fingerprint density at radius 1 is 1.60 bits per heavy atom. The molecule has 0 aliphatic heterocycles. The molecule has 0 spiro atoms. The van der Waals surface area contributed by atoms with E-state index in [0.717, 1.165) is 4.47 Å². The van der Waals surface area contributed by atoms with Gasteiger partial charge < -0.3 is 5.32 Å². The fourth-order valence-corrected chi connectivity index (χ4v) is 1.23. The van der Waals surface area contributed by atoms with Gasteiger partial charge in [0.25, 0.3) is 5.91 Å². The molecule has 0 saturated heterocycles. The van der Waals surface area contributed by atoms with Crippen LogP contribution < -0.4 is 10.6 Å². The third kappa shape index (κ3) is 3.05. The first-order valence-electron chi connectivity index (χ1n) is 4.27. The summed E-state index contributed by atoms with van der Waals surface area (Å²) in [6, 6.07) is -1.06. The van der Waals surface area contributed by atoms with Gasteiger partial charge in [-0.25, -0.2) is 4.79 Å². The van der Waals surface area contributed by atoms with E-state index in [1.807, 2.05) is 0 Å². The van der Waals surface area contributed by atoms with Gasteiger partial charge in [-0.15, -0.1) is 0 Å². The minimum absolute atomic E-state index is 0.412. The van der Waals surface area contributed by atoms with Crippen LogP contribution in [-0.4, -0.2) is 28.8 Å². The summed E-state index contributed by atoms with van der Waals surface area (Å²) < 4.78 is 2.24. The lowest BCUT2D eigenvalue weighted by atomic mass is 10.3. The Morgan fingerprint density at radius 3 is 2.73 bits per heavy atom. The first kappa shape index (κ1) is 11.7. The number of aromatic nitrogens is 2. The quantitative estimate of drug-likeness (QED) is 0.832.